The number of thiophene rings is 2. The van der Waals surface area contributed by atoms with Gasteiger partial charge >= 0.3 is 0 Å². The van der Waals surface area contributed by atoms with E-state index in [2.05, 4.69) is 68.8 Å². The highest BCUT2D eigenvalue weighted by atomic mass is 127. The standard InChI is InChI=1S/C16H19I2NS2/c1-2-3-4-5-6-7-8-19-11-9-13(17)20-15(11)16-12(19)10-14(18)21-16/h9-10H,2-8H2,1H3. The van der Waals surface area contributed by atoms with Gasteiger partial charge in [-0.25, -0.2) is 0 Å². The van der Waals surface area contributed by atoms with E-state index in [0.29, 0.717) is 0 Å². The third kappa shape index (κ3) is 3.61. The molecule has 0 amide bonds. The number of hydrogen-bond donors (Lipinski definition) is 0. The van der Waals surface area contributed by atoms with E-state index in [0.717, 1.165) is 0 Å². The predicted octanol–water partition coefficient (Wildman–Crippen LogP) is 7.49. The van der Waals surface area contributed by atoms with E-state index in [4.69, 9.17) is 0 Å². The third-order valence-electron chi connectivity index (χ3n) is 3.89. The lowest BCUT2D eigenvalue weighted by atomic mass is 10.1. The third-order valence-corrected chi connectivity index (χ3v) is 7.82. The molecule has 0 unspecified atom stereocenters. The van der Waals surface area contributed by atoms with Crippen LogP contribution in [0.25, 0.3) is 20.4 Å². The topological polar surface area (TPSA) is 4.93 Å². The maximum Gasteiger partial charge on any atom is 0.0712 e. The lowest BCUT2D eigenvalue weighted by Crippen LogP contribution is -1.96. The van der Waals surface area contributed by atoms with Gasteiger partial charge < -0.3 is 4.57 Å². The SMILES string of the molecule is CCCCCCCCn1c2cc(I)sc2c2sc(I)cc21. The number of rotatable bonds is 7. The molecule has 3 heterocycles. The molecule has 0 aliphatic heterocycles. The molecule has 0 fully saturated rings. The van der Waals surface area contributed by atoms with Crippen LogP contribution >= 0.6 is 67.9 Å². The zero-order valence-corrected chi connectivity index (χ0v) is 18.1. The van der Waals surface area contributed by atoms with Crippen molar-refractivity contribution in [3.05, 3.63) is 17.9 Å². The average molecular weight is 543 g/mol. The molecular weight excluding hydrogens is 524 g/mol. The minimum absolute atomic E-state index is 1.17. The molecule has 0 radical (unpaired) electrons. The van der Waals surface area contributed by atoms with Crippen molar-refractivity contribution in [2.75, 3.05) is 0 Å². The molecule has 3 aromatic rings. The van der Waals surface area contributed by atoms with Gasteiger partial charge in [-0.15, -0.1) is 22.7 Å². The van der Waals surface area contributed by atoms with Crippen molar-refractivity contribution < 1.29 is 0 Å². The van der Waals surface area contributed by atoms with Gasteiger partial charge in [0, 0.05) is 6.54 Å². The fourth-order valence-electron chi connectivity index (χ4n) is 2.85. The summed E-state index contributed by atoms with van der Waals surface area (Å²) in [4.78, 5) is 0. The molecule has 0 spiro atoms. The zero-order chi connectivity index (χ0) is 14.8. The van der Waals surface area contributed by atoms with Crippen molar-refractivity contribution in [3.63, 3.8) is 0 Å². The van der Waals surface area contributed by atoms with Crippen molar-refractivity contribution in [2.24, 2.45) is 0 Å². The smallest absolute Gasteiger partial charge is 0.0712 e. The highest BCUT2D eigenvalue weighted by molar-refractivity contribution is 14.1. The quantitative estimate of drug-likeness (QED) is 0.215. The van der Waals surface area contributed by atoms with Gasteiger partial charge in [-0.2, -0.15) is 0 Å². The van der Waals surface area contributed by atoms with Crippen molar-refractivity contribution in [1.29, 1.82) is 0 Å². The largest absolute Gasteiger partial charge is 0.339 e. The molecule has 3 rings (SSSR count). The number of aryl methyl sites for hydroxylation is 1. The second kappa shape index (κ2) is 7.49. The first-order chi connectivity index (χ1) is 10.2. The summed E-state index contributed by atoms with van der Waals surface area (Å²) >= 11 is 8.79. The van der Waals surface area contributed by atoms with Crippen molar-refractivity contribution in [2.45, 2.75) is 52.0 Å². The normalized spacial score (nSPS) is 12.0. The van der Waals surface area contributed by atoms with Gasteiger partial charge in [0.15, 0.2) is 0 Å². The van der Waals surface area contributed by atoms with Crippen LogP contribution in [0.3, 0.4) is 0 Å². The van der Waals surface area contributed by atoms with E-state index in [9.17, 15) is 0 Å². The molecule has 0 aliphatic carbocycles. The van der Waals surface area contributed by atoms with E-state index in [-0.39, 0.29) is 0 Å². The average Bonchev–Trinajstić information content (AvgIpc) is 3.06. The Hall–Kier alpha value is 0.660. The molecule has 0 saturated heterocycles. The monoisotopic (exact) mass is 543 g/mol. The minimum atomic E-state index is 1.17. The van der Waals surface area contributed by atoms with Gasteiger partial charge in [-0.3, -0.25) is 0 Å². The van der Waals surface area contributed by atoms with Gasteiger partial charge in [0.2, 0.25) is 0 Å². The second-order valence-corrected chi connectivity index (χ2v) is 11.3. The highest BCUT2D eigenvalue weighted by Crippen LogP contribution is 2.41. The minimum Gasteiger partial charge on any atom is -0.339 e. The van der Waals surface area contributed by atoms with Crippen LogP contribution in [0.5, 0.6) is 0 Å². The van der Waals surface area contributed by atoms with Crippen LogP contribution in [0.1, 0.15) is 45.4 Å². The summed E-state index contributed by atoms with van der Waals surface area (Å²) in [6, 6.07) is 4.72. The van der Waals surface area contributed by atoms with Gasteiger partial charge in [0.25, 0.3) is 0 Å². The molecule has 5 heteroatoms. The van der Waals surface area contributed by atoms with Crippen LogP contribution in [-0.4, -0.2) is 4.57 Å². The highest BCUT2D eigenvalue weighted by Gasteiger charge is 2.15. The molecule has 0 aromatic carbocycles. The van der Waals surface area contributed by atoms with Crippen LogP contribution < -0.4 is 0 Å². The van der Waals surface area contributed by atoms with Crippen molar-refractivity contribution in [3.8, 4) is 0 Å². The van der Waals surface area contributed by atoms with Gasteiger partial charge in [0.1, 0.15) is 0 Å². The van der Waals surface area contributed by atoms with Crippen molar-refractivity contribution in [1.82, 2.24) is 4.57 Å². The Bertz CT molecular complexity index is 684. The Morgan fingerprint density at radius 1 is 0.857 bits per heavy atom. The molecule has 0 saturated carbocycles. The zero-order valence-electron chi connectivity index (χ0n) is 12.1. The molecule has 0 aliphatic rings. The Labute approximate surface area is 161 Å². The first-order valence-corrected chi connectivity index (χ1v) is 11.4. The van der Waals surface area contributed by atoms with Crippen molar-refractivity contribution >= 4 is 88.3 Å². The number of fused-ring (bicyclic) bond motifs is 3. The van der Waals surface area contributed by atoms with E-state index in [1.54, 1.807) is 0 Å². The molecule has 21 heavy (non-hydrogen) atoms. The van der Waals surface area contributed by atoms with Crippen LogP contribution in [0.4, 0.5) is 0 Å². The van der Waals surface area contributed by atoms with E-state index in [1.807, 2.05) is 22.7 Å². The van der Waals surface area contributed by atoms with Crippen LogP contribution in [0.2, 0.25) is 0 Å². The summed E-state index contributed by atoms with van der Waals surface area (Å²) in [6.45, 7) is 3.45. The first kappa shape index (κ1) is 16.5. The molecule has 3 aromatic heterocycles. The van der Waals surface area contributed by atoms with Crippen LogP contribution in [0, 0.1) is 5.77 Å². The summed E-state index contributed by atoms with van der Waals surface area (Å²) in [5, 5.41) is 0. The molecule has 0 atom stereocenters. The molecule has 114 valence electrons. The van der Waals surface area contributed by atoms with Gasteiger partial charge in [-0.1, -0.05) is 39.0 Å². The van der Waals surface area contributed by atoms with Crippen LogP contribution in [0.15, 0.2) is 12.1 Å². The number of unbranched alkanes of at least 4 members (excludes halogenated alkanes) is 5. The lowest BCUT2D eigenvalue weighted by Gasteiger charge is -2.05. The fourth-order valence-corrected chi connectivity index (χ4v) is 6.69. The Balaban J connectivity index is 1.78. The number of aromatic nitrogens is 1. The predicted molar refractivity (Wildman–Crippen MR) is 114 cm³/mol. The summed E-state index contributed by atoms with van der Waals surface area (Å²) in [7, 11) is 0. The Morgan fingerprint density at radius 2 is 1.38 bits per heavy atom. The van der Waals surface area contributed by atoms with Gasteiger partial charge in [0.05, 0.1) is 26.2 Å². The summed E-state index contributed by atoms with van der Waals surface area (Å²) in [5.41, 5.74) is 2.91. The summed E-state index contributed by atoms with van der Waals surface area (Å²) in [6.07, 6.45) is 8.19. The first-order valence-electron chi connectivity index (χ1n) is 7.57. The summed E-state index contributed by atoms with van der Waals surface area (Å²) < 4.78 is 8.35. The maximum absolute atomic E-state index is 2.56. The lowest BCUT2D eigenvalue weighted by molar-refractivity contribution is 0.571. The second-order valence-electron chi connectivity index (χ2n) is 5.45. The fraction of sp³-hybridized carbons (Fsp3) is 0.500. The van der Waals surface area contributed by atoms with E-state index < -0.39 is 0 Å². The van der Waals surface area contributed by atoms with Crippen LogP contribution in [-0.2, 0) is 6.54 Å². The van der Waals surface area contributed by atoms with E-state index >= 15 is 0 Å². The van der Waals surface area contributed by atoms with Gasteiger partial charge in [-0.05, 0) is 63.7 Å². The summed E-state index contributed by atoms with van der Waals surface area (Å²) in [5.74, 6) is 0. The molecule has 0 bridgehead atoms. The molecule has 0 N–H and O–H groups in total. The number of nitrogens with zero attached hydrogens (tertiary/aromatic N) is 1. The maximum atomic E-state index is 2.56. The number of halogens is 2. The molecule has 1 nitrogen and oxygen atoms in total. The number of hydrogen-bond acceptors (Lipinski definition) is 2. The molecular formula is C16H19I2NS2. The Morgan fingerprint density at radius 3 is 1.95 bits per heavy atom. The van der Waals surface area contributed by atoms with E-state index in [1.165, 1.54) is 71.3 Å². The Kier molecular flexibility index (Phi) is 5.89.